The van der Waals surface area contributed by atoms with Crippen molar-refractivity contribution in [1.29, 1.82) is 0 Å². The lowest BCUT2D eigenvalue weighted by Gasteiger charge is -2.42. The van der Waals surface area contributed by atoms with Crippen LogP contribution in [0.5, 0.6) is 0 Å². The highest BCUT2D eigenvalue weighted by Gasteiger charge is 2.37. The summed E-state index contributed by atoms with van der Waals surface area (Å²) >= 11 is 0. The van der Waals surface area contributed by atoms with E-state index in [1.165, 1.54) is 58.2 Å². The lowest BCUT2D eigenvalue weighted by Crippen LogP contribution is -2.59. The van der Waals surface area contributed by atoms with E-state index in [4.69, 9.17) is 0 Å². The third kappa shape index (κ3) is 3.96. The number of hydrogen-bond acceptors (Lipinski definition) is 2. The highest BCUT2D eigenvalue weighted by Crippen LogP contribution is 2.34. The molecule has 1 saturated heterocycles. The first-order valence-electron chi connectivity index (χ1n) is 8.19. The van der Waals surface area contributed by atoms with Crippen molar-refractivity contribution in [2.75, 3.05) is 19.6 Å². The topological polar surface area (TPSA) is 15.3 Å². The SMILES string of the molecule is CCCCCCN1CC(C2CC2)NCC1C(C)C. The summed E-state index contributed by atoms with van der Waals surface area (Å²) in [6.45, 7) is 10.9. The number of nitrogens with one attached hydrogen (secondary N) is 1. The van der Waals surface area contributed by atoms with Crippen molar-refractivity contribution in [3.8, 4) is 0 Å². The van der Waals surface area contributed by atoms with Gasteiger partial charge in [0.2, 0.25) is 0 Å². The number of unbranched alkanes of at least 4 members (excludes halogenated alkanes) is 3. The first-order valence-corrected chi connectivity index (χ1v) is 8.19. The molecule has 2 aliphatic rings. The maximum atomic E-state index is 3.80. The fraction of sp³-hybridized carbons (Fsp3) is 1.00. The molecular formula is C16H32N2. The van der Waals surface area contributed by atoms with Gasteiger partial charge in [0, 0.05) is 25.2 Å². The average Bonchev–Trinajstić information content (AvgIpc) is 3.18. The second-order valence-electron chi connectivity index (χ2n) is 6.72. The molecule has 0 spiro atoms. The third-order valence-corrected chi connectivity index (χ3v) is 4.75. The molecule has 1 heterocycles. The van der Waals surface area contributed by atoms with E-state index in [1.54, 1.807) is 0 Å². The molecule has 0 aromatic rings. The van der Waals surface area contributed by atoms with Gasteiger partial charge in [-0.05, 0) is 37.6 Å². The Balaban J connectivity index is 1.79. The summed E-state index contributed by atoms with van der Waals surface area (Å²) in [4.78, 5) is 2.79. The maximum absolute atomic E-state index is 3.80. The minimum absolute atomic E-state index is 0.765. The largest absolute Gasteiger partial charge is 0.311 e. The summed E-state index contributed by atoms with van der Waals surface area (Å²) in [5.74, 6) is 1.78. The zero-order valence-corrected chi connectivity index (χ0v) is 12.6. The molecule has 0 amide bonds. The van der Waals surface area contributed by atoms with Crippen molar-refractivity contribution in [2.45, 2.75) is 71.4 Å². The zero-order valence-electron chi connectivity index (χ0n) is 12.6. The summed E-state index contributed by atoms with van der Waals surface area (Å²) in [5.41, 5.74) is 0. The fourth-order valence-corrected chi connectivity index (χ4v) is 3.32. The zero-order chi connectivity index (χ0) is 13.0. The molecule has 2 heteroatoms. The second kappa shape index (κ2) is 6.91. The monoisotopic (exact) mass is 252 g/mol. The van der Waals surface area contributed by atoms with Gasteiger partial charge in [-0.2, -0.15) is 0 Å². The molecule has 2 unspecified atom stereocenters. The van der Waals surface area contributed by atoms with E-state index < -0.39 is 0 Å². The van der Waals surface area contributed by atoms with Gasteiger partial charge in [0.05, 0.1) is 0 Å². The van der Waals surface area contributed by atoms with Gasteiger partial charge in [-0.1, -0.05) is 40.0 Å². The van der Waals surface area contributed by atoms with Crippen LogP contribution in [0.25, 0.3) is 0 Å². The molecule has 106 valence electrons. The Kier molecular flexibility index (Phi) is 5.50. The summed E-state index contributed by atoms with van der Waals surface area (Å²) < 4.78 is 0. The van der Waals surface area contributed by atoms with Crippen molar-refractivity contribution in [3.63, 3.8) is 0 Å². The van der Waals surface area contributed by atoms with Crippen LogP contribution in [-0.4, -0.2) is 36.6 Å². The van der Waals surface area contributed by atoms with Crippen molar-refractivity contribution >= 4 is 0 Å². The minimum atomic E-state index is 0.765. The van der Waals surface area contributed by atoms with Crippen LogP contribution < -0.4 is 5.32 Å². The van der Waals surface area contributed by atoms with E-state index >= 15 is 0 Å². The van der Waals surface area contributed by atoms with Crippen LogP contribution in [0.1, 0.15) is 59.3 Å². The quantitative estimate of drug-likeness (QED) is 0.700. The second-order valence-corrected chi connectivity index (χ2v) is 6.72. The van der Waals surface area contributed by atoms with E-state index in [0.717, 1.165) is 23.9 Å². The Morgan fingerprint density at radius 3 is 2.56 bits per heavy atom. The molecule has 1 aliphatic heterocycles. The lowest BCUT2D eigenvalue weighted by molar-refractivity contribution is 0.0904. The normalized spacial score (nSPS) is 30.0. The number of hydrogen-bond donors (Lipinski definition) is 1. The Bertz CT molecular complexity index is 235. The Morgan fingerprint density at radius 1 is 1.17 bits per heavy atom. The maximum Gasteiger partial charge on any atom is 0.0244 e. The summed E-state index contributed by atoms with van der Waals surface area (Å²) in [7, 11) is 0. The molecule has 18 heavy (non-hydrogen) atoms. The lowest BCUT2D eigenvalue weighted by atomic mass is 9.96. The predicted octanol–water partition coefficient (Wildman–Crippen LogP) is 3.28. The number of piperazine rings is 1. The fourth-order valence-electron chi connectivity index (χ4n) is 3.32. The van der Waals surface area contributed by atoms with Crippen LogP contribution in [0, 0.1) is 11.8 Å². The van der Waals surface area contributed by atoms with Gasteiger partial charge in [-0.15, -0.1) is 0 Å². The van der Waals surface area contributed by atoms with Gasteiger partial charge in [-0.3, -0.25) is 4.90 Å². The standard InChI is InChI=1S/C16H32N2/c1-4-5-6-7-10-18-12-15(14-8-9-14)17-11-16(18)13(2)3/h13-17H,4-12H2,1-3H3. The predicted molar refractivity (Wildman–Crippen MR) is 78.9 cm³/mol. The molecule has 2 atom stereocenters. The van der Waals surface area contributed by atoms with Gasteiger partial charge < -0.3 is 5.32 Å². The first kappa shape index (κ1) is 14.3. The Hall–Kier alpha value is -0.0800. The average molecular weight is 252 g/mol. The first-order chi connectivity index (χ1) is 8.72. The molecule has 2 rings (SSSR count). The third-order valence-electron chi connectivity index (χ3n) is 4.75. The Morgan fingerprint density at radius 2 is 1.94 bits per heavy atom. The number of rotatable bonds is 7. The minimum Gasteiger partial charge on any atom is -0.311 e. The molecule has 2 fully saturated rings. The smallest absolute Gasteiger partial charge is 0.0244 e. The van der Waals surface area contributed by atoms with Gasteiger partial charge in [0.25, 0.3) is 0 Å². The highest BCUT2D eigenvalue weighted by molar-refractivity contribution is 4.95. The molecule has 1 N–H and O–H groups in total. The van der Waals surface area contributed by atoms with Crippen molar-refractivity contribution in [3.05, 3.63) is 0 Å². The van der Waals surface area contributed by atoms with Crippen molar-refractivity contribution in [1.82, 2.24) is 10.2 Å². The van der Waals surface area contributed by atoms with Crippen LogP contribution in [0.4, 0.5) is 0 Å². The van der Waals surface area contributed by atoms with E-state index in [-0.39, 0.29) is 0 Å². The molecule has 0 radical (unpaired) electrons. The molecule has 1 saturated carbocycles. The van der Waals surface area contributed by atoms with E-state index in [2.05, 4.69) is 31.0 Å². The number of nitrogens with zero attached hydrogens (tertiary/aromatic N) is 1. The van der Waals surface area contributed by atoms with Gasteiger partial charge in [0.15, 0.2) is 0 Å². The highest BCUT2D eigenvalue weighted by atomic mass is 15.2. The summed E-state index contributed by atoms with van der Waals surface area (Å²) in [5, 5.41) is 3.80. The van der Waals surface area contributed by atoms with Crippen LogP contribution in [0.2, 0.25) is 0 Å². The van der Waals surface area contributed by atoms with Crippen molar-refractivity contribution in [2.24, 2.45) is 11.8 Å². The van der Waals surface area contributed by atoms with Crippen LogP contribution in [0.3, 0.4) is 0 Å². The molecule has 0 aromatic carbocycles. The summed E-state index contributed by atoms with van der Waals surface area (Å²) in [6, 6.07) is 1.56. The van der Waals surface area contributed by atoms with Gasteiger partial charge in [0.1, 0.15) is 0 Å². The molecule has 1 aliphatic carbocycles. The van der Waals surface area contributed by atoms with E-state index in [9.17, 15) is 0 Å². The van der Waals surface area contributed by atoms with Crippen LogP contribution in [-0.2, 0) is 0 Å². The molecule has 0 bridgehead atoms. The molecule has 0 aromatic heterocycles. The van der Waals surface area contributed by atoms with Gasteiger partial charge >= 0.3 is 0 Å². The van der Waals surface area contributed by atoms with Crippen LogP contribution >= 0.6 is 0 Å². The van der Waals surface area contributed by atoms with Crippen molar-refractivity contribution < 1.29 is 0 Å². The summed E-state index contributed by atoms with van der Waals surface area (Å²) in [6.07, 6.45) is 8.50. The Labute approximate surface area is 114 Å². The van der Waals surface area contributed by atoms with E-state index in [0.29, 0.717) is 0 Å². The molecular weight excluding hydrogens is 220 g/mol. The molecule has 2 nitrogen and oxygen atoms in total. The van der Waals surface area contributed by atoms with Gasteiger partial charge in [-0.25, -0.2) is 0 Å². The van der Waals surface area contributed by atoms with Crippen LogP contribution in [0.15, 0.2) is 0 Å². The van der Waals surface area contributed by atoms with E-state index in [1.807, 2.05) is 0 Å².